The van der Waals surface area contributed by atoms with Crippen molar-refractivity contribution in [2.24, 2.45) is 5.41 Å². The van der Waals surface area contributed by atoms with Crippen LogP contribution in [0.2, 0.25) is 0 Å². The summed E-state index contributed by atoms with van der Waals surface area (Å²) < 4.78 is 0. The zero-order valence-electron chi connectivity index (χ0n) is 12.9. The molecule has 0 aromatic carbocycles. The molecule has 0 aromatic rings. The lowest BCUT2D eigenvalue weighted by molar-refractivity contribution is 0.268. The number of rotatable bonds is 10. The molecule has 3 nitrogen and oxygen atoms in total. The van der Waals surface area contributed by atoms with Gasteiger partial charge < -0.3 is 10.2 Å². The number of hydrogen-bond donors (Lipinski definition) is 1. The molecular formula is C15H31N3. The Morgan fingerprint density at radius 3 is 2.33 bits per heavy atom. The summed E-state index contributed by atoms with van der Waals surface area (Å²) in [5, 5.41) is 12.3. The SMILES string of the molecule is CC(C)N(C)CCCCNCCCC(C)(C)C#N. The molecule has 3 heteroatoms. The molecule has 0 bridgehead atoms. The average Bonchev–Trinajstić information content (AvgIpc) is 2.32. The van der Waals surface area contributed by atoms with E-state index in [9.17, 15) is 0 Å². The first-order valence-corrected chi connectivity index (χ1v) is 7.21. The number of nitrogens with one attached hydrogen (secondary N) is 1. The van der Waals surface area contributed by atoms with Crippen LogP contribution in [0.25, 0.3) is 0 Å². The summed E-state index contributed by atoms with van der Waals surface area (Å²) in [7, 11) is 2.18. The zero-order valence-corrected chi connectivity index (χ0v) is 12.9. The van der Waals surface area contributed by atoms with E-state index in [1.54, 1.807) is 0 Å². The van der Waals surface area contributed by atoms with E-state index >= 15 is 0 Å². The minimum absolute atomic E-state index is 0.165. The van der Waals surface area contributed by atoms with Crippen molar-refractivity contribution in [1.82, 2.24) is 10.2 Å². The smallest absolute Gasteiger partial charge is 0.0683 e. The minimum Gasteiger partial charge on any atom is -0.317 e. The molecule has 0 spiro atoms. The van der Waals surface area contributed by atoms with Gasteiger partial charge in [-0.25, -0.2) is 0 Å². The molecule has 0 rings (SSSR count). The van der Waals surface area contributed by atoms with Gasteiger partial charge in [-0.3, -0.25) is 0 Å². The summed E-state index contributed by atoms with van der Waals surface area (Å²) in [6.07, 6.45) is 4.56. The normalized spacial score (nSPS) is 12.1. The van der Waals surface area contributed by atoms with E-state index in [1.807, 2.05) is 13.8 Å². The highest BCUT2D eigenvalue weighted by Crippen LogP contribution is 2.19. The summed E-state index contributed by atoms with van der Waals surface area (Å²) in [6, 6.07) is 2.99. The average molecular weight is 253 g/mol. The van der Waals surface area contributed by atoms with Crippen molar-refractivity contribution in [2.45, 2.75) is 59.4 Å². The second kappa shape index (κ2) is 9.35. The van der Waals surface area contributed by atoms with Gasteiger partial charge in [-0.15, -0.1) is 0 Å². The fraction of sp³-hybridized carbons (Fsp3) is 0.933. The first-order chi connectivity index (χ1) is 8.39. The van der Waals surface area contributed by atoms with Crippen LogP contribution in [0.4, 0.5) is 0 Å². The van der Waals surface area contributed by atoms with Gasteiger partial charge in [-0.2, -0.15) is 5.26 Å². The number of nitrogens with zero attached hydrogens (tertiary/aromatic N) is 2. The maximum Gasteiger partial charge on any atom is 0.0683 e. The van der Waals surface area contributed by atoms with Crippen molar-refractivity contribution >= 4 is 0 Å². The number of unbranched alkanes of at least 4 members (excludes halogenated alkanes) is 1. The first-order valence-electron chi connectivity index (χ1n) is 7.21. The monoisotopic (exact) mass is 253 g/mol. The van der Waals surface area contributed by atoms with Crippen LogP contribution in [0.1, 0.15) is 53.4 Å². The Balaban J connectivity index is 3.30. The van der Waals surface area contributed by atoms with E-state index in [1.165, 1.54) is 19.4 Å². The van der Waals surface area contributed by atoms with Crippen LogP contribution in [0, 0.1) is 16.7 Å². The van der Waals surface area contributed by atoms with E-state index in [0.717, 1.165) is 25.9 Å². The topological polar surface area (TPSA) is 39.1 Å². The van der Waals surface area contributed by atoms with Crippen LogP contribution in [0.15, 0.2) is 0 Å². The lowest BCUT2D eigenvalue weighted by atomic mass is 9.90. The van der Waals surface area contributed by atoms with Crippen molar-refractivity contribution in [3.63, 3.8) is 0 Å². The Hall–Kier alpha value is -0.590. The van der Waals surface area contributed by atoms with E-state index in [-0.39, 0.29) is 5.41 Å². The van der Waals surface area contributed by atoms with E-state index in [2.05, 4.69) is 37.2 Å². The molecule has 0 aliphatic carbocycles. The van der Waals surface area contributed by atoms with Crippen molar-refractivity contribution in [3.05, 3.63) is 0 Å². The summed E-state index contributed by atoms with van der Waals surface area (Å²) in [5.74, 6) is 0. The fourth-order valence-electron chi connectivity index (χ4n) is 1.71. The molecule has 0 aliphatic heterocycles. The molecule has 0 aliphatic rings. The molecule has 0 amide bonds. The van der Waals surface area contributed by atoms with Crippen molar-refractivity contribution in [3.8, 4) is 6.07 Å². The largest absolute Gasteiger partial charge is 0.317 e. The Morgan fingerprint density at radius 2 is 1.78 bits per heavy atom. The van der Waals surface area contributed by atoms with Gasteiger partial charge in [0, 0.05) is 6.04 Å². The highest BCUT2D eigenvalue weighted by molar-refractivity contribution is 4.91. The zero-order chi connectivity index (χ0) is 14.0. The van der Waals surface area contributed by atoms with Crippen LogP contribution in [-0.4, -0.2) is 37.6 Å². The van der Waals surface area contributed by atoms with Crippen molar-refractivity contribution in [2.75, 3.05) is 26.7 Å². The molecule has 0 fully saturated rings. The quantitative estimate of drug-likeness (QED) is 0.608. The predicted molar refractivity (Wildman–Crippen MR) is 78.5 cm³/mol. The highest BCUT2D eigenvalue weighted by atomic mass is 15.1. The molecule has 0 unspecified atom stereocenters. The predicted octanol–water partition coefficient (Wildman–Crippen LogP) is 3.03. The molecule has 1 N–H and O–H groups in total. The minimum atomic E-state index is -0.165. The number of nitriles is 1. The lowest BCUT2D eigenvalue weighted by Crippen LogP contribution is -2.28. The maximum absolute atomic E-state index is 8.89. The van der Waals surface area contributed by atoms with Gasteiger partial charge in [0.1, 0.15) is 0 Å². The third-order valence-electron chi connectivity index (χ3n) is 3.45. The van der Waals surface area contributed by atoms with Gasteiger partial charge in [0.25, 0.3) is 0 Å². The second-order valence-electron chi connectivity index (χ2n) is 6.13. The Morgan fingerprint density at radius 1 is 1.17 bits per heavy atom. The summed E-state index contributed by atoms with van der Waals surface area (Å²) in [6.45, 7) is 11.8. The number of hydrogen-bond acceptors (Lipinski definition) is 3. The van der Waals surface area contributed by atoms with Gasteiger partial charge in [0.05, 0.1) is 11.5 Å². The van der Waals surface area contributed by atoms with E-state index < -0.39 is 0 Å². The van der Waals surface area contributed by atoms with Crippen LogP contribution in [0.3, 0.4) is 0 Å². The van der Waals surface area contributed by atoms with Crippen LogP contribution in [-0.2, 0) is 0 Å². The van der Waals surface area contributed by atoms with Crippen LogP contribution >= 0.6 is 0 Å². The van der Waals surface area contributed by atoms with Gasteiger partial charge in [0.2, 0.25) is 0 Å². The molecule has 106 valence electrons. The standard InChI is InChI=1S/C15H31N3/c1-14(2)18(5)12-7-6-10-17-11-8-9-15(3,4)13-16/h14,17H,6-12H2,1-5H3. The van der Waals surface area contributed by atoms with Gasteiger partial charge in [0.15, 0.2) is 0 Å². The molecule has 18 heavy (non-hydrogen) atoms. The van der Waals surface area contributed by atoms with Gasteiger partial charge in [-0.1, -0.05) is 0 Å². The third-order valence-corrected chi connectivity index (χ3v) is 3.45. The highest BCUT2D eigenvalue weighted by Gasteiger charge is 2.15. The molecular weight excluding hydrogens is 222 g/mol. The van der Waals surface area contributed by atoms with E-state index in [0.29, 0.717) is 6.04 Å². The molecule has 0 atom stereocenters. The van der Waals surface area contributed by atoms with Crippen LogP contribution in [0.5, 0.6) is 0 Å². The van der Waals surface area contributed by atoms with Crippen LogP contribution < -0.4 is 5.32 Å². The van der Waals surface area contributed by atoms with Crippen molar-refractivity contribution in [1.29, 1.82) is 5.26 Å². The van der Waals surface area contributed by atoms with Crippen molar-refractivity contribution < 1.29 is 0 Å². The molecule has 0 saturated heterocycles. The van der Waals surface area contributed by atoms with E-state index in [4.69, 9.17) is 5.26 Å². The third kappa shape index (κ3) is 9.44. The van der Waals surface area contributed by atoms with Gasteiger partial charge in [-0.05, 0) is 80.1 Å². The fourth-order valence-corrected chi connectivity index (χ4v) is 1.71. The first kappa shape index (κ1) is 17.4. The maximum atomic E-state index is 8.89. The summed E-state index contributed by atoms with van der Waals surface area (Å²) >= 11 is 0. The Bertz CT molecular complexity index is 241. The Labute approximate surface area is 114 Å². The lowest BCUT2D eigenvalue weighted by Gasteiger charge is -2.20. The molecule has 0 heterocycles. The molecule has 0 aromatic heterocycles. The molecule has 0 radical (unpaired) electrons. The molecule has 0 saturated carbocycles. The second-order valence-corrected chi connectivity index (χ2v) is 6.13. The Kier molecular flexibility index (Phi) is 9.05. The summed E-state index contributed by atoms with van der Waals surface area (Å²) in [5.41, 5.74) is -0.165. The van der Waals surface area contributed by atoms with Gasteiger partial charge >= 0.3 is 0 Å². The summed E-state index contributed by atoms with van der Waals surface area (Å²) in [4.78, 5) is 2.38.